The highest BCUT2D eigenvalue weighted by molar-refractivity contribution is 5.83. The minimum atomic E-state index is 0.0150. The molecule has 5 heteroatoms. The van der Waals surface area contributed by atoms with Crippen LogP contribution in [-0.2, 0) is 4.79 Å². The molecule has 5 rings (SSSR count). The maximum absolute atomic E-state index is 12.4. The van der Waals surface area contributed by atoms with E-state index >= 15 is 0 Å². The first-order valence-corrected chi connectivity index (χ1v) is 9.52. The number of nitrogens with one attached hydrogen (secondary N) is 1. The van der Waals surface area contributed by atoms with E-state index in [-0.39, 0.29) is 24.0 Å². The quantitative estimate of drug-likeness (QED) is 0.926. The molecule has 134 valence electrons. The summed E-state index contributed by atoms with van der Waals surface area (Å²) in [5, 5.41) is 5.66. The summed E-state index contributed by atoms with van der Waals surface area (Å²) in [6.45, 7) is 2.20. The Morgan fingerprint density at radius 3 is 2.65 bits per heavy atom. The fourth-order valence-corrected chi connectivity index (χ4v) is 4.28. The fourth-order valence-electron chi connectivity index (χ4n) is 4.28. The third kappa shape index (κ3) is 2.71. The second-order valence-corrected chi connectivity index (χ2v) is 7.75. The van der Waals surface area contributed by atoms with Crippen LogP contribution in [0.5, 0.6) is 0 Å². The van der Waals surface area contributed by atoms with Gasteiger partial charge in [0, 0.05) is 38.0 Å². The highest BCUT2D eigenvalue weighted by Crippen LogP contribution is 2.41. The molecule has 0 spiro atoms. The van der Waals surface area contributed by atoms with Crippen LogP contribution in [0.4, 0.5) is 4.79 Å². The molecular formula is C21H23N3O2. The van der Waals surface area contributed by atoms with Crippen molar-refractivity contribution < 1.29 is 9.59 Å². The zero-order valence-electron chi connectivity index (χ0n) is 14.7. The van der Waals surface area contributed by atoms with Gasteiger partial charge in [0.1, 0.15) is 0 Å². The third-order valence-corrected chi connectivity index (χ3v) is 6.00. The van der Waals surface area contributed by atoms with Crippen LogP contribution >= 0.6 is 0 Å². The van der Waals surface area contributed by atoms with E-state index in [0.717, 1.165) is 19.4 Å². The molecule has 3 fully saturated rings. The Morgan fingerprint density at radius 1 is 1.08 bits per heavy atom. The molecule has 2 atom stereocenters. The van der Waals surface area contributed by atoms with E-state index in [1.54, 1.807) is 0 Å². The van der Waals surface area contributed by atoms with Crippen LogP contribution in [0.2, 0.25) is 0 Å². The number of carbonyl (C=O) groups excluding carboxylic acids is 2. The van der Waals surface area contributed by atoms with Crippen LogP contribution in [-0.4, -0.2) is 53.5 Å². The van der Waals surface area contributed by atoms with Gasteiger partial charge >= 0.3 is 6.03 Å². The molecule has 2 saturated heterocycles. The van der Waals surface area contributed by atoms with Crippen LogP contribution in [0, 0.1) is 0 Å². The van der Waals surface area contributed by atoms with Crippen molar-refractivity contribution in [2.75, 3.05) is 19.6 Å². The normalized spacial score (nSPS) is 25.5. The van der Waals surface area contributed by atoms with Crippen molar-refractivity contribution in [3.63, 3.8) is 0 Å². The van der Waals surface area contributed by atoms with Crippen molar-refractivity contribution in [2.45, 2.75) is 37.3 Å². The van der Waals surface area contributed by atoms with Gasteiger partial charge in [0.15, 0.2) is 0 Å². The average molecular weight is 349 g/mol. The van der Waals surface area contributed by atoms with Crippen molar-refractivity contribution in [3.8, 4) is 0 Å². The monoisotopic (exact) mass is 349 g/mol. The number of benzene rings is 2. The van der Waals surface area contributed by atoms with E-state index in [0.29, 0.717) is 25.4 Å². The molecule has 0 bridgehead atoms. The molecule has 2 aromatic rings. The van der Waals surface area contributed by atoms with Crippen molar-refractivity contribution in [1.82, 2.24) is 15.1 Å². The van der Waals surface area contributed by atoms with Gasteiger partial charge in [-0.05, 0) is 29.2 Å². The number of carbonyl (C=O) groups is 2. The molecule has 0 aromatic heterocycles. The SMILES string of the molecule is O=C(N[C@@H]1C[C@H]1c1ccc2ccccc2c1)N1CC(N2CCCC2=O)C1. The number of amides is 3. The molecule has 0 unspecified atom stereocenters. The predicted octanol–water partition coefficient (Wildman–Crippen LogP) is 2.71. The summed E-state index contributed by atoms with van der Waals surface area (Å²) in [6.07, 6.45) is 2.63. The second kappa shape index (κ2) is 6.01. The number of nitrogens with zero attached hydrogens (tertiary/aromatic N) is 2. The highest BCUT2D eigenvalue weighted by atomic mass is 16.2. The van der Waals surface area contributed by atoms with E-state index in [1.807, 2.05) is 9.80 Å². The molecule has 2 heterocycles. The van der Waals surface area contributed by atoms with Crippen LogP contribution < -0.4 is 5.32 Å². The van der Waals surface area contributed by atoms with Crippen molar-refractivity contribution in [3.05, 3.63) is 48.0 Å². The van der Waals surface area contributed by atoms with Crippen LogP contribution in [0.15, 0.2) is 42.5 Å². The predicted molar refractivity (Wildman–Crippen MR) is 99.9 cm³/mol. The van der Waals surface area contributed by atoms with E-state index in [4.69, 9.17) is 0 Å². The molecule has 2 aliphatic heterocycles. The molecule has 5 nitrogen and oxygen atoms in total. The van der Waals surface area contributed by atoms with Gasteiger partial charge in [0.25, 0.3) is 0 Å². The summed E-state index contributed by atoms with van der Waals surface area (Å²) >= 11 is 0. The molecule has 26 heavy (non-hydrogen) atoms. The first-order valence-electron chi connectivity index (χ1n) is 9.52. The van der Waals surface area contributed by atoms with E-state index in [9.17, 15) is 9.59 Å². The zero-order chi connectivity index (χ0) is 17.7. The molecular weight excluding hydrogens is 326 g/mol. The Hall–Kier alpha value is -2.56. The third-order valence-electron chi connectivity index (χ3n) is 6.00. The van der Waals surface area contributed by atoms with Gasteiger partial charge in [-0.25, -0.2) is 4.79 Å². The van der Waals surface area contributed by atoms with Gasteiger partial charge in [0.05, 0.1) is 6.04 Å². The van der Waals surface area contributed by atoms with Crippen LogP contribution in [0.1, 0.15) is 30.7 Å². The van der Waals surface area contributed by atoms with Crippen molar-refractivity contribution in [1.29, 1.82) is 0 Å². The van der Waals surface area contributed by atoms with Crippen molar-refractivity contribution >= 4 is 22.7 Å². The number of urea groups is 1. The second-order valence-electron chi connectivity index (χ2n) is 7.75. The number of hydrogen-bond donors (Lipinski definition) is 1. The molecule has 1 saturated carbocycles. The lowest BCUT2D eigenvalue weighted by Crippen LogP contribution is -2.63. The Morgan fingerprint density at radius 2 is 1.88 bits per heavy atom. The van der Waals surface area contributed by atoms with Crippen LogP contribution in [0.3, 0.4) is 0 Å². The molecule has 3 aliphatic rings. The van der Waals surface area contributed by atoms with E-state index in [2.05, 4.69) is 47.8 Å². The lowest BCUT2D eigenvalue weighted by atomic mass is 10.0. The number of rotatable bonds is 3. The first-order chi connectivity index (χ1) is 12.7. The Labute approximate surface area is 153 Å². The summed E-state index contributed by atoms with van der Waals surface area (Å²) in [5.74, 6) is 0.661. The maximum Gasteiger partial charge on any atom is 0.317 e. The molecule has 2 aromatic carbocycles. The zero-order valence-corrected chi connectivity index (χ0v) is 14.7. The lowest BCUT2D eigenvalue weighted by Gasteiger charge is -2.43. The summed E-state index contributed by atoms with van der Waals surface area (Å²) < 4.78 is 0. The van der Waals surface area contributed by atoms with Crippen LogP contribution in [0.25, 0.3) is 10.8 Å². The van der Waals surface area contributed by atoms with Gasteiger partial charge in [0.2, 0.25) is 5.91 Å². The number of fused-ring (bicyclic) bond motifs is 1. The average Bonchev–Trinajstić information content (AvgIpc) is 3.25. The van der Waals surface area contributed by atoms with Gasteiger partial charge in [-0.2, -0.15) is 0 Å². The molecule has 1 N–H and O–H groups in total. The summed E-state index contributed by atoms with van der Waals surface area (Å²) in [5.41, 5.74) is 1.30. The summed E-state index contributed by atoms with van der Waals surface area (Å²) in [6, 6.07) is 15.4. The number of hydrogen-bond acceptors (Lipinski definition) is 2. The first kappa shape index (κ1) is 15.7. The molecule has 3 amide bonds. The van der Waals surface area contributed by atoms with Gasteiger partial charge in [-0.1, -0.05) is 42.5 Å². The molecule has 1 aliphatic carbocycles. The Bertz CT molecular complexity index is 874. The minimum absolute atomic E-state index is 0.0150. The van der Waals surface area contributed by atoms with Gasteiger partial charge in [-0.3, -0.25) is 4.79 Å². The topological polar surface area (TPSA) is 52.7 Å². The van der Waals surface area contributed by atoms with Gasteiger partial charge in [-0.15, -0.1) is 0 Å². The standard InChI is InChI=1S/C21H23N3O2/c25-20-6-3-9-24(20)17-12-23(13-17)21(26)22-19-11-18(19)16-8-7-14-4-1-2-5-15(14)10-16/h1-2,4-5,7-8,10,17-19H,3,6,9,11-13H2,(H,22,26)/t18-,19+/m0/s1. The van der Waals surface area contributed by atoms with Gasteiger partial charge < -0.3 is 15.1 Å². The van der Waals surface area contributed by atoms with E-state index in [1.165, 1.54) is 16.3 Å². The highest BCUT2D eigenvalue weighted by Gasteiger charge is 2.43. The summed E-state index contributed by atoms with van der Waals surface area (Å²) in [7, 11) is 0. The smallest absolute Gasteiger partial charge is 0.317 e. The number of likely N-dealkylation sites (tertiary alicyclic amines) is 2. The fraction of sp³-hybridized carbons (Fsp3) is 0.429. The lowest BCUT2D eigenvalue weighted by molar-refractivity contribution is -0.132. The largest absolute Gasteiger partial charge is 0.336 e. The van der Waals surface area contributed by atoms with E-state index < -0.39 is 0 Å². The maximum atomic E-state index is 12.4. The Balaban J connectivity index is 1.16. The molecule has 0 radical (unpaired) electrons. The Kier molecular flexibility index (Phi) is 3.62. The summed E-state index contributed by atoms with van der Waals surface area (Å²) in [4.78, 5) is 28.0. The van der Waals surface area contributed by atoms with Crippen molar-refractivity contribution in [2.24, 2.45) is 0 Å². The minimum Gasteiger partial charge on any atom is -0.336 e.